The molecule has 7 heteroatoms. The SMILES string of the molecule is CC(C)(C)NCC(=O)N[C@@H](CCCC(=O)O)C(=O)O. The maximum absolute atomic E-state index is 11.5. The van der Waals surface area contributed by atoms with E-state index in [4.69, 9.17) is 10.2 Å². The zero-order chi connectivity index (χ0) is 15.1. The van der Waals surface area contributed by atoms with Crippen molar-refractivity contribution in [3.8, 4) is 0 Å². The largest absolute Gasteiger partial charge is 0.481 e. The molecular weight excluding hydrogens is 252 g/mol. The van der Waals surface area contributed by atoms with Crippen LogP contribution < -0.4 is 10.6 Å². The van der Waals surface area contributed by atoms with E-state index < -0.39 is 23.9 Å². The van der Waals surface area contributed by atoms with Gasteiger partial charge in [-0.15, -0.1) is 0 Å². The smallest absolute Gasteiger partial charge is 0.326 e. The van der Waals surface area contributed by atoms with Crippen molar-refractivity contribution in [2.75, 3.05) is 6.54 Å². The first kappa shape index (κ1) is 17.4. The molecule has 110 valence electrons. The van der Waals surface area contributed by atoms with Gasteiger partial charge in [0.2, 0.25) is 5.91 Å². The second-order valence-corrected chi connectivity index (χ2v) is 5.35. The van der Waals surface area contributed by atoms with Crippen LogP contribution in [0.4, 0.5) is 0 Å². The molecule has 0 aliphatic rings. The Labute approximate surface area is 112 Å². The number of hydrogen-bond acceptors (Lipinski definition) is 4. The lowest BCUT2D eigenvalue weighted by molar-refractivity contribution is -0.142. The predicted octanol–water partition coefficient (Wildman–Crippen LogP) is 0.199. The second-order valence-electron chi connectivity index (χ2n) is 5.35. The van der Waals surface area contributed by atoms with Crippen molar-refractivity contribution in [1.82, 2.24) is 10.6 Å². The summed E-state index contributed by atoms with van der Waals surface area (Å²) >= 11 is 0. The summed E-state index contributed by atoms with van der Waals surface area (Å²) < 4.78 is 0. The number of aliphatic carboxylic acids is 2. The van der Waals surface area contributed by atoms with Gasteiger partial charge < -0.3 is 20.8 Å². The summed E-state index contributed by atoms with van der Waals surface area (Å²) in [7, 11) is 0. The van der Waals surface area contributed by atoms with E-state index in [0.717, 1.165) is 0 Å². The summed E-state index contributed by atoms with van der Waals surface area (Å²) in [5.41, 5.74) is -0.237. The lowest BCUT2D eigenvalue weighted by Gasteiger charge is -2.21. The Balaban J connectivity index is 4.16. The average molecular weight is 274 g/mol. The van der Waals surface area contributed by atoms with Gasteiger partial charge in [0.15, 0.2) is 0 Å². The fourth-order valence-corrected chi connectivity index (χ4v) is 1.31. The third-order valence-electron chi connectivity index (χ3n) is 2.30. The summed E-state index contributed by atoms with van der Waals surface area (Å²) in [6.45, 7) is 5.69. The van der Waals surface area contributed by atoms with Crippen LogP contribution in [0.2, 0.25) is 0 Å². The van der Waals surface area contributed by atoms with Crippen LogP contribution in [0.3, 0.4) is 0 Å². The van der Waals surface area contributed by atoms with Crippen LogP contribution in [-0.2, 0) is 14.4 Å². The molecule has 1 atom stereocenters. The fraction of sp³-hybridized carbons (Fsp3) is 0.750. The van der Waals surface area contributed by atoms with Crippen molar-refractivity contribution in [2.45, 2.75) is 51.6 Å². The van der Waals surface area contributed by atoms with E-state index >= 15 is 0 Å². The summed E-state index contributed by atoms with van der Waals surface area (Å²) in [6.07, 6.45) is 0.196. The molecule has 4 N–H and O–H groups in total. The Hall–Kier alpha value is -1.63. The van der Waals surface area contributed by atoms with Crippen LogP contribution in [0.1, 0.15) is 40.0 Å². The van der Waals surface area contributed by atoms with Crippen LogP contribution in [0.15, 0.2) is 0 Å². The first-order valence-electron chi connectivity index (χ1n) is 6.11. The number of amides is 1. The molecule has 0 bridgehead atoms. The van der Waals surface area contributed by atoms with Crippen molar-refractivity contribution in [1.29, 1.82) is 0 Å². The Bertz CT molecular complexity index is 336. The van der Waals surface area contributed by atoms with Gasteiger partial charge in [-0.25, -0.2) is 4.79 Å². The molecule has 1 amide bonds. The quantitative estimate of drug-likeness (QED) is 0.502. The number of carboxylic acids is 2. The van der Waals surface area contributed by atoms with Gasteiger partial charge in [0.25, 0.3) is 0 Å². The van der Waals surface area contributed by atoms with E-state index in [1.165, 1.54) is 0 Å². The standard InChI is InChI=1S/C12H22N2O5/c1-12(2,3)13-7-9(15)14-8(11(18)19)5-4-6-10(16)17/h8,13H,4-7H2,1-3H3,(H,14,15)(H,16,17)(H,18,19)/t8-/m0/s1. The van der Waals surface area contributed by atoms with Crippen molar-refractivity contribution in [2.24, 2.45) is 0 Å². The van der Waals surface area contributed by atoms with Gasteiger partial charge in [0.1, 0.15) is 6.04 Å². The summed E-state index contributed by atoms with van der Waals surface area (Å²) in [5.74, 6) is -2.56. The van der Waals surface area contributed by atoms with Gasteiger partial charge in [-0.1, -0.05) is 0 Å². The van der Waals surface area contributed by atoms with Gasteiger partial charge >= 0.3 is 11.9 Å². The molecule has 0 aliphatic heterocycles. The number of carbonyl (C=O) groups excluding carboxylic acids is 1. The van der Waals surface area contributed by atoms with Gasteiger partial charge in [0.05, 0.1) is 6.54 Å². The zero-order valence-corrected chi connectivity index (χ0v) is 11.5. The molecule has 0 aromatic carbocycles. The number of hydrogen-bond donors (Lipinski definition) is 4. The molecule has 0 aromatic heterocycles. The molecule has 0 radical (unpaired) electrons. The molecule has 0 saturated carbocycles. The van der Waals surface area contributed by atoms with Gasteiger partial charge in [-0.2, -0.15) is 0 Å². The number of nitrogens with one attached hydrogen (secondary N) is 2. The number of rotatable bonds is 8. The van der Waals surface area contributed by atoms with Gasteiger partial charge in [-0.3, -0.25) is 9.59 Å². The van der Waals surface area contributed by atoms with Crippen molar-refractivity contribution >= 4 is 17.8 Å². The maximum atomic E-state index is 11.5. The van der Waals surface area contributed by atoms with Gasteiger partial charge in [0, 0.05) is 12.0 Å². The molecule has 7 nitrogen and oxygen atoms in total. The van der Waals surface area contributed by atoms with E-state index in [-0.39, 0.29) is 31.3 Å². The number of carboxylic acid groups (broad SMARTS) is 2. The highest BCUT2D eigenvalue weighted by molar-refractivity contribution is 5.84. The van der Waals surface area contributed by atoms with E-state index in [2.05, 4.69) is 10.6 Å². The minimum absolute atomic E-state index is 0.0201. The average Bonchev–Trinajstić information content (AvgIpc) is 2.23. The van der Waals surface area contributed by atoms with Crippen molar-refractivity contribution < 1.29 is 24.6 Å². The summed E-state index contributed by atoms with van der Waals surface area (Å²) in [4.78, 5) is 32.8. The first-order chi connectivity index (χ1) is 8.61. The van der Waals surface area contributed by atoms with E-state index in [1.807, 2.05) is 20.8 Å². The minimum Gasteiger partial charge on any atom is -0.481 e. The Morgan fingerprint density at radius 2 is 1.74 bits per heavy atom. The molecule has 19 heavy (non-hydrogen) atoms. The molecule has 0 heterocycles. The van der Waals surface area contributed by atoms with Crippen LogP contribution in [0.25, 0.3) is 0 Å². The van der Waals surface area contributed by atoms with Crippen LogP contribution in [0, 0.1) is 0 Å². The number of carbonyl (C=O) groups is 3. The highest BCUT2D eigenvalue weighted by atomic mass is 16.4. The molecule has 0 spiro atoms. The van der Waals surface area contributed by atoms with Crippen LogP contribution in [-0.4, -0.2) is 46.2 Å². The fourth-order valence-electron chi connectivity index (χ4n) is 1.31. The third-order valence-corrected chi connectivity index (χ3v) is 2.30. The first-order valence-corrected chi connectivity index (χ1v) is 6.11. The zero-order valence-electron chi connectivity index (χ0n) is 11.5. The molecular formula is C12H22N2O5. The van der Waals surface area contributed by atoms with E-state index in [1.54, 1.807) is 0 Å². The second kappa shape index (κ2) is 7.73. The van der Waals surface area contributed by atoms with Crippen LogP contribution >= 0.6 is 0 Å². The molecule has 0 aromatic rings. The molecule has 0 fully saturated rings. The highest BCUT2D eigenvalue weighted by Crippen LogP contribution is 2.02. The molecule has 0 saturated heterocycles. The molecule has 0 unspecified atom stereocenters. The van der Waals surface area contributed by atoms with Crippen molar-refractivity contribution in [3.05, 3.63) is 0 Å². The Kier molecular flexibility index (Phi) is 7.06. The van der Waals surface area contributed by atoms with Gasteiger partial charge in [-0.05, 0) is 33.6 Å². The Morgan fingerprint density at radius 1 is 1.16 bits per heavy atom. The van der Waals surface area contributed by atoms with E-state index in [9.17, 15) is 14.4 Å². The molecule has 0 rings (SSSR count). The lowest BCUT2D eigenvalue weighted by atomic mass is 10.1. The molecule has 0 aliphatic carbocycles. The Morgan fingerprint density at radius 3 is 2.16 bits per heavy atom. The third kappa shape index (κ3) is 10.0. The van der Waals surface area contributed by atoms with Crippen molar-refractivity contribution in [3.63, 3.8) is 0 Å². The maximum Gasteiger partial charge on any atom is 0.326 e. The minimum atomic E-state index is -1.16. The van der Waals surface area contributed by atoms with E-state index in [0.29, 0.717) is 0 Å². The van der Waals surface area contributed by atoms with Crippen LogP contribution in [0.5, 0.6) is 0 Å². The predicted molar refractivity (Wildman–Crippen MR) is 68.8 cm³/mol. The lowest BCUT2D eigenvalue weighted by Crippen LogP contribution is -2.48. The summed E-state index contributed by atoms with van der Waals surface area (Å²) in [5, 5.41) is 22.7. The summed E-state index contributed by atoms with van der Waals surface area (Å²) in [6, 6.07) is -1.05. The highest BCUT2D eigenvalue weighted by Gasteiger charge is 2.20. The normalized spacial score (nSPS) is 12.8. The topological polar surface area (TPSA) is 116 Å². The monoisotopic (exact) mass is 274 g/mol.